The van der Waals surface area contributed by atoms with Crippen molar-refractivity contribution in [1.29, 1.82) is 0 Å². The van der Waals surface area contributed by atoms with Crippen LogP contribution >= 0.6 is 11.6 Å². The van der Waals surface area contributed by atoms with E-state index in [9.17, 15) is 28.7 Å². The molecule has 3 unspecified atom stereocenters. The minimum absolute atomic E-state index is 0.0364. The molecule has 3 amide bonds. The first-order chi connectivity index (χ1) is 19.3. The van der Waals surface area contributed by atoms with Gasteiger partial charge in [-0.1, -0.05) is 63.6 Å². The molecule has 1 heterocycles. The molecule has 4 atom stereocenters. The highest BCUT2D eigenvalue weighted by molar-refractivity contribution is 6.30. The molecule has 0 saturated carbocycles. The Morgan fingerprint density at radius 2 is 1.80 bits per heavy atom. The number of carbonyl (C=O) groups excluding carboxylic acids is 3. The van der Waals surface area contributed by atoms with Crippen molar-refractivity contribution < 1.29 is 33.4 Å². The largest absolute Gasteiger partial charge is 0.480 e. The monoisotopic (exact) mass is 589 g/mol. The number of alkyl carbamates (subject to hydrolysis) is 1. The summed E-state index contributed by atoms with van der Waals surface area (Å²) in [5.74, 6) is -3.24. The van der Waals surface area contributed by atoms with Gasteiger partial charge in [0.25, 0.3) is 0 Å². The number of nitrogens with one attached hydrogen (secondary N) is 3. The van der Waals surface area contributed by atoms with Gasteiger partial charge in [-0.3, -0.25) is 9.59 Å². The molecule has 0 aromatic heterocycles. The Balaban J connectivity index is 1.82. The van der Waals surface area contributed by atoms with Gasteiger partial charge in [0.15, 0.2) is 0 Å². The molecule has 0 spiro atoms. The van der Waals surface area contributed by atoms with Gasteiger partial charge < -0.3 is 25.8 Å². The molecule has 11 heteroatoms. The van der Waals surface area contributed by atoms with E-state index in [-0.39, 0.29) is 24.7 Å². The Hall–Kier alpha value is -3.66. The fraction of sp³-hybridized carbons (Fsp3) is 0.467. The molecule has 2 aromatic carbocycles. The van der Waals surface area contributed by atoms with Crippen LogP contribution < -0.4 is 16.0 Å². The molecule has 1 saturated heterocycles. The number of carbonyl (C=O) groups is 4. The molecule has 0 radical (unpaired) electrons. The van der Waals surface area contributed by atoms with E-state index in [1.165, 1.54) is 24.3 Å². The highest BCUT2D eigenvalue weighted by atomic mass is 35.5. The van der Waals surface area contributed by atoms with Crippen LogP contribution in [0.2, 0.25) is 5.02 Å². The summed E-state index contributed by atoms with van der Waals surface area (Å²) in [6.45, 7) is 7.88. The molecule has 9 nitrogen and oxygen atoms in total. The number of hydrogen-bond donors (Lipinski definition) is 4. The summed E-state index contributed by atoms with van der Waals surface area (Å²) >= 11 is 6.23. The number of ether oxygens (including phenoxy) is 1. The number of hydrogen-bond acceptors (Lipinski definition) is 5. The standard InChI is InChI=1S/C30H37ClFN3O6/c1-17(2)14-23(27(37)34-24(28(38)39)15-19-12-13-33-26(19)36)35-29(40)41-25(18-8-10-22(32)11-9-18)30(3,4)20-6-5-7-21(31)16-20/h5-11,16-17,19,23-25H,12-15H2,1-4H3,(H,33,36)(H,34,37)(H,35,40)(H,38,39)/t19-,23?,24?,25?/m0/s1. The van der Waals surface area contributed by atoms with Crippen LogP contribution in [0.1, 0.15) is 64.2 Å². The first-order valence-electron chi connectivity index (χ1n) is 13.6. The number of carboxylic acid groups (broad SMARTS) is 1. The predicted molar refractivity (Wildman–Crippen MR) is 152 cm³/mol. The second-order valence-corrected chi connectivity index (χ2v) is 11.7. The quantitative estimate of drug-likeness (QED) is 0.283. The highest BCUT2D eigenvalue weighted by Gasteiger charge is 2.38. The van der Waals surface area contributed by atoms with Gasteiger partial charge in [0.2, 0.25) is 11.8 Å². The van der Waals surface area contributed by atoms with E-state index < -0.39 is 53.3 Å². The molecule has 1 aliphatic rings. The fourth-order valence-electron chi connectivity index (χ4n) is 4.94. The van der Waals surface area contributed by atoms with E-state index in [2.05, 4.69) is 16.0 Å². The number of benzene rings is 2. The molecule has 4 N–H and O–H groups in total. The third-order valence-corrected chi connectivity index (χ3v) is 7.47. The van der Waals surface area contributed by atoms with Crippen LogP contribution in [0.3, 0.4) is 0 Å². The van der Waals surface area contributed by atoms with Gasteiger partial charge in [-0.05, 0) is 60.6 Å². The minimum Gasteiger partial charge on any atom is -0.480 e. The van der Waals surface area contributed by atoms with Gasteiger partial charge in [-0.15, -0.1) is 0 Å². The van der Waals surface area contributed by atoms with Crippen LogP contribution in [-0.4, -0.2) is 47.6 Å². The summed E-state index contributed by atoms with van der Waals surface area (Å²) in [6.07, 6.45) is -1.19. The predicted octanol–water partition coefficient (Wildman–Crippen LogP) is 4.73. The van der Waals surface area contributed by atoms with E-state index in [1.54, 1.807) is 18.2 Å². The second kappa shape index (κ2) is 13.8. The van der Waals surface area contributed by atoms with E-state index >= 15 is 0 Å². The average Bonchev–Trinajstić information content (AvgIpc) is 3.30. The number of aliphatic carboxylic acids is 1. The second-order valence-electron chi connectivity index (χ2n) is 11.3. The van der Waals surface area contributed by atoms with E-state index in [1.807, 2.05) is 33.8 Å². The van der Waals surface area contributed by atoms with Crippen molar-refractivity contribution in [1.82, 2.24) is 16.0 Å². The highest BCUT2D eigenvalue weighted by Crippen LogP contribution is 2.40. The van der Waals surface area contributed by atoms with Crippen molar-refractivity contribution in [3.05, 3.63) is 70.5 Å². The maximum atomic E-state index is 13.7. The minimum atomic E-state index is -1.31. The number of halogens is 2. The summed E-state index contributed by atoms with van der Waals surface area (Å²) in [5, 5.41) is 17.9. The van der Waals surface area contributed by atoms with Crippen molar-refractivity contribution in [2.45, 2.75) is 70.6 Å². The Kier molecular flexibility index (Phi) is 10.7. The van der Waals surface area contributed by atoms with Gasteiger partial charge in [0, 0.05) is 22.9 Å². The average molecular weight is 590 g/mol. The van der Waals surface area contributed by atoms with E-state index in [0.29, 0.717) is 23.6 Å². The maximum Gasteiger partial charge on any atom is 0.408 e. The first kappa shape index (κ1) is 31.9. The van der Waals surface area contributed by atoms with Crippen molar-refractivity contribution in [2.24, 2.45) is 11.8 Å². The Labute approximate surface area is 244 Å². The van der Waals surface area contributed by atoms with Crippen LogP contribution in [0.25, 0.3) is 0 Å². The summed E-state index contributed by atoms with van der Waals surface area (Å²) in [4.78, 5) is 50.4. The van der Waals surface area contributed by atoms with E-state index in [4.69, 9.17) is 16.3 Å². The summed E-state index contributed by atoms with van der Waals surface area (Å²) in [6, 6.07) is 10.3. The molecular weight excluding hydrogens is 553 g/mol. The van der Waals surface area contributed by atoms with Crippen molar-refractivity contribution in [3.8, 4) is 0 Å². The molecule has 0 bridgehead atoms. The molecule has 2 aromatic rings. The molecule has 1 aliphatic heterocycles. The smallest absolute Gasteiger partial charge is 0.408 e. The van der Waals surface area contributed by atoms with Crippen LogP contribution in [0.15, 0.2) is 48.5 Å². The lowest BCUT2D eigenvalue weighted by Gasteiger charge is -2.35. The maximum absolute atomic E-state index is 13.7. The zero-order valence-corrected chi connectivity index (χ0v) is 24.3. The van der Waals surface area contributed by atoms with Gasteiger partial charge in [0.05, 0.1) is 0 Å². The molecular formula is C30H37ClFN3O6. The van der Waals surface area contributed by atoms with Crippen molar-refractivity contribution >= 4 is 35.5 Å². The summed E-state index contributed by atoms with van der Waals surface area (Å²) in [5.41, 5.74) is 0.465. The Morgan fingerprint density at radius 1 is 1.12 bits per heavy atom. The number of amides is 3. The van der Waals surface area contributed by atoms with Gasteiger partial charge >= 0.3 is 12.1 Å². The lowest BCUT2D eigenvalue weighted by molar-refractivity contribution is -0.143. The number of carboxylic acids is 1. The third kappa shape index (κ3) is 8.66. The topological polar surface area (TPSA) is 134 Å². The molecule has 41 heavy (non-hydrogen) atoms. The molecule has 222 valence electrons. The van der Waals surface area contributed by atoms with Crippen LogP contribution in [0.4, 0.5) is 9.18 Å². The zero-order valence-electron chi connectivity index (χ0n) is 23.6. The normalized spacial score (nSPS) is 17.3. The van der Waals surface area contributed by atoms with E-state index in [0.717, 1.165) is 5.56 Å². The lowest BCUT2D eigenvalue weighted by Crippen LogP contribution is -2.53. The van der Waals surface area contributed by atoms with Crippen molar-refractivity contribution in [2.75, 3.05) is 6.54 Å². The van der Waals surface area contributed by atoms with Crippen LogP contribution in [-0.2, 0) is 24.5 Å². The summed E-state index contributed by atoms with van der Waals surface area (Å²) in [7, 11) is 0. The Morgan fingerprint density at radius 3 is 2.37 bits per heavy atom. The lowest BCUT2D eigenvalue weighted by atomic mass is 9.76. The third-order valence-electron chi connectivity index (χ3n) is 7.24. The van der Waals surface area contributed by atoms with Crippen LogP contribution in [0, 0.1) is 17.7 Å². The van der Waals surface area contributed by atoms with Gasteiger partial charge in [-0.2, -0.15) is 0 Å². The van der Waals surface area contributed by atoms with Gasteiger partial charge in [-0.25, -0.2) is 14.0 Å². The zero-order chi connectivity index (χ0) is 30.3. The van der Waals surface area contributed by atoms with Gasteiger partial charge in [0.1, 0.15) is 24.0 Å². The summed E-state index contributed by atoms with van der Waals surface area (Å²) < 4.78 is 19.6. The SMILES string of the molecule is CC(C)CC(NC(=O)OC(c1ccc(F)cc1)C(C)(C)c1cccc(Cl)c1)C(=O)NC(C[C@@H]1CCNC1=O)C(=O)O. The Bertz CT molecular complexity index is 1250. The fourth-order valence-corrected chi connectivity index (χ4v) is 5.13. The molecule has 1 fully saturated rings. The van der Waals surface area contributed by atoms with Crippen LogP contribution in [0.5, 0.6) is 0 Å². The first-order valence-corrected chi connectivity index (χ1v) is 13.9. The molecule has 3 rings (SSSR count). The number of rotatable bonds is 12. The molecule has 0 aliphatic carbocycles. The van der Waals surface area contributed by atoms with Crippen molar-refractivity contribution in [3.63, 3.8) is 0 Å².